The zero-order valence-electron chi connectivity index (χ0n) is 17.6. The predicted molar refractivity (Wildman–Crippen MR) is 131 cm³/mol. The van der Waals surface area contributed by atoms with Gasteiger partial charge in [-0.15, -0.1) is 0 Å². The molecule has 0 aliphatic heterocycles. The third kappa shape index (κ3) is 5.27. The molecule has 164 valence electrons. The van der Waals surface area contributed by atoms with Crippen molar-refractivity contribution in [1.29, 1.82) is 0 Å². The average molecular weight is 503 g/mol. The van der Waals surface area contributed by atoms with Crippen LogP contribution in [0.15, 0.2) is 94.5 Å². The van der Waals surface area contributed by atoms with E-state index in [0.29, 0.717) is 22.4 Å². The van der Waals surface area contributed by atoms with E-state index in [2.05, 4.69) is 26.5 Å². The number of carbonyl (C=O) groups excluding carboxylic acids is 2. The number of nitrogens with zero attached hydrogens (tertiary/aromatic N) is 1. The molecule has 0 heterocycles. The van der Waals surface area contributed by atoms with Crippen LogP contribution in [0.3, 0.4) is 0 Å². The summed E-state index contributed by atoms with van der Waals surface area (Å²) in [6.45, 7) is 0. The first kappa shape index (κ1) is 22.2. The SMILES string of the molecule is COc1cc(/C=N\NC(=O)c2cccc3ccccc23)ccc1OC(=O)c1cccc(Br)c1. The summed E-state index contributed by atoms with van der Waals surface area (Å²) in [5.74, 6) is -0.171. The van der Waals surface area contributed by atoms with Gasteiger partial charge in [0.05, 0.1) is 18.9 Å². The van der Waals surface area contributed by atoms with Crippen molar-refractivity contribution in [2.24, 2.45) is 5.10 Å². The van der Waals surface area contributed by atoms with Crippen LogP contribution in [-0.4, -0.2) is 25.2 Å². The summed E-state index contributed by atoms with van der Waals surface area (Å²) in [7, 11) is 1.48. The van der Waals surface area contributed by atoms with E-state index in [1.165, 1.54) is 13.3 Å². The Labute approximate surface area is 199 Å². The number of hydrogen-bond acceptors (Lipinski definition) is 5. The highest BCUT2D eigenvalue weighted by molar-refractivity contribution is 9.10. The van der Waals surface area contributed by atoms with Crippen molar-refractivity contribution in [3.63, 3.8) is 0 Å². The third-order valence-electron chi connectivity index (χ3n) is 4.86. The molecule has 4 rings (SSSR count). The topological polar surface area (TPSA) is 77.0 Å². The Hall–Kier alpha value is -3.97. The molecule has 0 saturated heterocycles. The quantitative estimate of drug-likeness (QED) is 0.161. The van der Waals surface area contributed by atoms with Crippen molar-refractivity contribution in [3.05, 3.63) is 106 Å². The van der Waals surface area contributed by atoms with Crippen molar-refractivity contribution >= 4 is 44.8 Å². The molecule has 0 aliphatic rings. The summed E-state index contributed by atoms with van der Waals surface area (Å²) in [6, 6.07) is 25.1. The first-order valence-corrected chi connectivity index (χ1v) is 10.8. The smallest absolute Gasteiger partial charge is 0.343 e. The minimum atomic E-state index is -0.502. The fraction of sp³-hybridized carbons (Fsp3) is 0.0385. The molecule has 0 spiro atoms. The lowest BCUT2D eigenvalue weighted by atomic mass is 10.0. The number of rotatable bonds is 6. The van der Waals surface area contributed by atoms with Gasteiger partial charge in [0.1, 0.15) is 0 Å². The molecule has 0 radical (unpaired) electrons. The Bertz CT molecular complexity index is 1360. The second-order valence-corrected chi connectivity index (χ2v) is 7.95. The number of nitrogens with one attached hydrogen (secondary N) is 1. The fourth-order valence-corrected chi connectivity index (χ4v) is 3.67. The summed E-state index contributed by atoms with van der Waals surface area (Å²) in [4.78, 5) is 25.0. The lowest BCUT2D eigenvalue weighted by Crippen LogP contribution is -2.17. The van der Waals surface area contributed by atoms with Gasteiger partial charge in [-0.25, -0.2) is 10.2 Å². The first-order valence-electron chi connectivity index (χ1n) is 10.0. The van der Waals surface area contributed by atoms with Gasteiger partial charge in [-0.1, -0.05) is 58.4 Å². The lowest BCUT2D eigenvalue weighted by molar-refractivity contribution is 0.0729. The fourth-order valence-electron chi connectivity index (χ4n) is 3.27. The number of fused-ring (bicyclic) bond motifs is 1. The number of amides is 1. The van der Waals surface area contributed by atoms with Gasteiger partial charge < -0.3 is 9.47 Å². The van der Waals surface area contributed by atoms with Crippen molar-refractivity contribution < 1.29 is 19.1 Å². The molecule has 4 aromatic carbocycles. The zero-order chi connectivity index (χ0) is 23.2. The Balaban J connectivity index is 1.46. The molecule has 0 unspecified atom stereocenters. The van der Waals surface area contributed by atoms with Crippen molar-refractivity contribution in [3.8, 4) is 11.5 Å². The number of methoxy groups -OCH3 is 1. The largest absolute Gasteiger partial charge is 0.493 e. The van der Waals surface area contributed by atoms with Gasteiger partial charge in [0.2, 0.25) is 0 Å². The number of hydrazone groups is 1. The van der Waals surface area contributed by atoms with E-state index in [4.69, 9.17) is 9.47 Å². The first-order chi connectivity index (χ1) is 16.0. The highest BCUT2D eigenvalue weighted by atomic mass is 79.9. The summed E-state index contributed by atoms with van der Waals surface area (Å²) in [6.07, 6.45) is 1.49. The standard InChI is InChI=1S/C26H19BrN2O4/c1-32-24-14-17(12-13-23(24)33-26(31)19-8-4-9-20(27)15-19)16-28-29-25(30)22-11-5-7-18-6-2-3-10-21(18)22/h2-16H,1H3,(H,29,30)/b28-16-. The maximum Gasteiger partial charge on any atom is 0.343 e. The van der Waals surface area contributed by atoms with Gasteiger partial charge in [0, 0.05) is 10.0 Å². The molecule has 1 amide bonds. The van der Waals surface area contributed by atoms with E-state index in [1.807, 2.05) is 42.5 Å². The van der Waals surface area contributed by atoms with Gasteiger partial charge in [-0.2, -0.15) is 5.10 Å². The van der Waals surface area contributed by atoms with Crippen LogP contribution in [0, 0.1) is 0 Å². The number of hydrogen-bond donors (Lipinski definition) is 1. The van der Waals surface area contributed by atoms with E-state index in [-0.39, 0.29) is 11.7 Å². The Morgan fingerprint density at radius 1 is 0.909 bits per heavy atom. The summed E-state index contributed by atoms with van der Waals surface area (Å²) < 4.78 is 11.6. The predicted octanol–water partition coefficient (Wildman–Crippen LogP) is 5.59. The number of benzene rings is 4. The van der Waals surface area contributed by atoms with Crippen LogP contribution in [-0.2, 0) is 0 Å². The highest BCUT2D eigenvalue weighted by Crippen LogP contribution is 2.28. The van der Waals surface area contributed by atoms with Crippen LogP contribution in [0.4, 0.5) is 0 Å². The van der Waals surface area contributed by atoms with Gasteiger partial charge >= 0.3 is 5.97 Å². The number of esters is 1. The molecule has 0 atom stereocenters. The van der Waals surface area contributed by atoms with E-state index < -0.39 is 5.97 Å². The second-order valence-electron chi connectivity index (χ2n) is 7.04. The Kier molecular flexibility index (Phi) is 6.80. The minimum Gasteiger partial charge on any atom is -0.493 e. The average Bonchev–Trinajstić information content (AvgIpc) is 2.84. The number of ether oxygens (including phenoxy) is 2. The molecule has 1 N–H and O–H groups in total. The number of halogens is 1. The highest BCUT2D eigenvalue weighted by Gasteiger charge is 2.13. The van der Waals surface area contributed by atoms with E-state index in [0.717, 1.165) is 15.2 Å². The van der Waals surface area contributed by atoms with Crippen LogP contribution in [0.1, 0.15) is 26.3 Å². The minimum absolute atomic E-state index is 0.277. The molecule has 7 heteroatoms. The Morgan fingerprint density at radius 3 is 2.52 bits per heavy atom. The lowest BCUT2D eigenvalue weighted by Gasteiger charge is -2.10. The van der Waals surface area contributed by atoms with Crippen LogP contribution >= 0.6 is 15.9 Å². The van der Waals surface area contributed by atoms with Crippen molar-refractivity contribution in [2.45, 2.75) is 0 Å². The van der Waals surface area contributed by atoms with E-state index >= 15 is 0 Å². The van der Waals surface area contributed by atoms with Crippen molar-refractivity contribution in [1.82, 2.24) is 5.43 Å². The maximum absolute atomic E-state index is 12.6. The molecule has 0 aromatic heterocycles. The zero-order valence-corrected chi connectivity index (χ0v) is 19.2. The summed E-state index contributed by atoms with van der Waals surface area (Å²) >= 11 is 3.34. The normalized spacial score (nSPS) is 10.8. The third-order valence-corrected chi connectivity index (χ3v) is 5.36. The molecular formula is C26H19BrN2O4. The maximum atomic E-state index is 12.6. The summed E-state index contributed by atoms with van der Waals surface area (Å²) in [5, 5.41) is 5.89. The summed E-state index contributed by atoms with van der Waals surface area (Å²) in [5.41, 5.74) is 4.16. The monoisotopic (exact) mass is 502 g/mol. The van der Waals surface area contributed by atoms with Crippen molar-refractivity contribution in [2.75, 3.05) is 7.11 Å². The van der Waals surface area contributed by atoms with Gasteiger partial charge in [-0.3, -0.25) is 4.79 Å². The molecule has 0 fully saturated rings. The molecule has 0 bridgehead atoms. The molecule has 33 heavy (non-hydrogen) atoms. The van der Waals surface area contributed by atoms with Crippen LogP contribution in [0.2, 0.25) is 0 Å². The molecule has 4 aromatic rings. The van der Waals surface area contributed by atoms with Crippen LogP contribution in [0.25, 0.3) is 10.8 Å². The molecule has 6 nitrogen and oxygen atoms in total. The second kappa shape index (κ2) is 10.1. The van der Waals surface area contributed by atoms with Gasteiger partial charge in [0.25, 0.3) is 5.91 Å². The Morgan fingerprint density at radius 2 is 1.70 bits per heavy atom. The molecular weight excluding hydrogens is 484 g/mol. The molecule has 0 aliphatic carbocycles. The van der Waals surface area contributed by atoms with E-state index in [9.17, 15) is 9.59 Å². The van der Waals surface area contributed by atoms with Crippen LogP contribution < -0.4 is 14.9 Å². The molecule has 0 saturated carbocycles. The van der Waals surface area contributed by atoms with Gasteiger partial charge in [0.15, 0.2) is 11.5 Å². The van der Waals surface area contributed by atoms with Gasteiger partial charge in [-0.05, 0) is 58.8 Å². The number of carbonyl (C=O) groups is 2. The van der Waals surface area contributed by atoms with Crippen LogP contribution in [0.5, 0.6) is 11.5 Å². The van der Waals surface area contributed by atoms with E-state index in [1.54, 1.807) is 42.5 Å².